The summed E-state index contributed by atoms with van der Waals surface area (Å²) in [6.45, 7) is 0. The van der Waals surface area contributed by atoms with Crippen LogP contribution in [0.1, 0.15) is 104 Å². The molecule has 5 fully saturated rings. The van der Waals surface area contributed by atoms with Crippen molar-refractivity contribution < 1.29 is 104 Å². The van der Waals surface area contributed by atoms with Crippen LogP contribution < -0.4 is 39.1 Å². The SMILES string of the molecule is COc1cncc2c1[C@]1(O)[C@@H]3OC(=O)N[C@@H]3[C@@H](c3ccccc3)[C@]1(c1ccc(C(F)F)cc1)O2.COc1cncc2c1[C@]1(O)[C@@H]3OC(=O)N[C@@H]3[C@@H](c3ccccc3)[C@]1(c1ccc(C(F)F)cc1)O2.COc1cncc2c1[C@]1(O)[C@H](O)[C@H](C(O)O)[C@@H](c3ccccc3)[C@]1(c1ccc(C(F)F)cc1)O2. The summed E-state index contributed by atoms with van der Waals surface area (Å²) in [5.41, 5.74) is -7.50. The fraction of sp³-hybridized carbons (Fsp3) is 0.293. The number of nitrogens with zero attached hydrogens (tertiary/aromatic N) is 3. The molecule has 0 bridgehead atoms. The molecule has 27 heteroatoms. The zero-order valence-electron chi connectivity index (χ0n) is 53.9. The lowest BCUT2D eigenvalue weighted by molar-refractivity contribution is -0.165. The number of rotatable bonds is 13. The molecule has 8 aliphatic rings. The minimum Gasteiger partial charge on any atom is -0.495 e. The lowest BCUT2D eigenvalue weighted by atomic mass is 9.70. The first-order valence-corrected chi connectivity index (χ1v) is 32.2. The topological polar surface area (TPSA) is 292 Å². The van der Waals surface area contributed by atoms with Crippen molar-refractivity contribution in [3.8, 4) is 34.5 Å². The molecule has 17 rings (SSSR count). The molecule has 3 aromatic heterocycles. The van der Waals surface area contributed by atoms with Gasteiger partial charge in [0.15, 0.2) is 52.1 Å². The summed E-state index contributed by atoms with van der Waals surface area (Å²) < 4.78 is 127. The van der Waals surface area contributed by atoms with E-state index in [0.717, 1.165) is 11.1 Å². The molecule has 0 radical (unpaired) electrons. The Morgan fingerprint density at radius 1 is 0.422 bits per heavy atom. The van der Waals surface area contributed by atoms with E-state index in [1.165, 1.54) is 131 Å². The normalized spacial score (nSPS) is 30.4. The van der Waals surface area contributed by atoms with Crippen molar-refractivity contribution in [2.45, 2.75) is 107 Å². The Balaban J connectivity index is 0.000000124. The van der Waals surface area contributed by atoms with Crippen LogP contribution in [0.3, 0.4) is 0 Å². The van der Waals surface area contributed by atoms with Crippen molar-refractivity contribution in [1.29, 1.82) is 0 Å². The summed E-state index contributed by atoms with van der Waals surface area (Å²) in [7, 11) is 4.25. The van der Waals surface area contributed by atoms with Crippen LogP contribution in [-0.2, 0) is 43.1 Å². The Labute approximate surface area is 576 Å². The number of carbonyl (C=O) groups excluding carboxylic acids is 2. The lowest BCUT2D eigenvalue weighted by Gasteiger charge is -2.41. The fourth-order valence-corrected chi connectivity index (χ4v) is 17.4. The summed E-state index contributed by atoms with van der Waals surface area (Å²) in [5.74, 6) is -2.24. The predicted molar refractivity (Wildman–Crippen MR) is 345 cm³/mol. The van der Waals surface area contributed by atoms with Gasteiger partial charge >= 0.3 is 12.2 Å². The standard InChI is InChI=1S/2C25H20F2N2O5.C25H23F2NO6/c2*1-32-16-11-28-12-17-19(16)24(31)21-20(29-23(30)33-21)18(13-5-3-2-4-6-13)25(24,34-17)15-9-7-14(8-10-15)22(26)27;1-33-16-11-28-12-17-20(16)24(32)21(29)18(23(30)31)19(13-5-3-2-4-6-13)25(24,34-17)15-9-7-14(8-10-15)22(26)27/h2*2-12,18,20-22,31H,1H3,(H,29,30);2-12,18-19,21-23,29-32H,1H3/t2*18-,20-,21-,24+,25+;18-,19-,21-,24+,25+/m111/s1. The molecule has 0 unspecified atom stereocenters. The van der Waals surface area contributed by atoms with Gasteiger partial charge in [-0.25, -0.2) is 35.9 Å². The third-order valence-electron chi connectivity index (χ3n) is 21.3. The Morgan fingerprint density at radius 2 is 0.716 bits per heavy atom. The Kier molecular flexibility index (Phi) is 16.4. The minimum absolute atomic E-state index is 0.0968. The first-order chi connectivity index (χ1) is 49.1. The number of ether oxygens (including phenoxy) is 8. The predicted octanol–water partition coefficient (Wildman–Crippen LogP) is 10.1. The Bertz CT molecular complexity index is 4470. The van der Waals surface area contributed by atoms with Crippen LogP contribution in [-0.4, -0.2) is 116 Å². The first-order valence-electron chi connectivity index (χ1n) is 32.2. The highest BCUT2D eigenvalue weighted by atomic mass is 19.3. The number of halogens is 6. The number of amides is 2. The number of methoxy groups -OCH3 is 3. The number of hydrogen-bond acceptors (Lipinski definition) is 19. The molecule has 2 amide bonds. The van der Waals surface area contributed by atoms with E-state index < -0.39 is 125 Å². The van der Waals surface area contributed by atoms with Crippen molar-refractivity contribution in [3.05, 3.63) is 268 Å². The molecular formula is C75H63F6N5O16. The molecule has 2 saturated heterocycles. The number of benzene rings is 6. The van der Waals surface area contributed by atoms with Crippen LogP contribution in [0.2, 0.25) is 0 Å². The van der Waals surface area contributed by atoms with Gasteiger partial charge in [-0.1, -0.05) is 164 Å². The summed E-state index contributed by atoms with van der Waals surface area (Å²) in [4.78, 5) is 37.2. The number of hydrogen-bond donors (Lipinski definition) is 8. The van der Waals surface area contributed by atoms with Crippen LogP contribution >= 0.6 is 0 Å². The van der Waals surface area contributed by atoms with Crippen LogP contribution in [0.25, 0.3) is 0 Å². The number of alkyl halides is 6. The molecule has 6 aromatic carbocycles. The zero-order valence-corrected chi connectivity index (χ0v) is 53.9. The van der Waals surface area contributed by atoms with E-state index in [2.05, 4.69) is 25.6 Å². The van der Waals surface area contributed by atoms with Gasteiger partial charge in [-0.2, -0.15) is 0 Å². The van der Waals surface area contributed by atoms with Gasteiger partial charge in [-0.3, -0.25) is 15.0 Å². The van der Waals surface area contributed by atoms with E-state index in [0.29, 0.717) is 27.8 Å². The van der Waals surface area contributed by atoms with E-state index in [9.17, 15) is 66.6 Å². The van der Waals surface area contributed by atoms with Crippen LogP contribution in [0, 0.1) is 5.92 Å². The first kappa shape index (κ1) is 67.3. The van der Waals surface area contributed by atoms with Crippen LogP contribution in [0.5, 0.6) is 34.5 Å². The number of pyridine rings is 3. The second-order valence-corrected chi connectivity index (χ2v) is 25.8. The van der Waals surface area contributed by atoms with Gasteiger partial charge in [0, 0.05) is 22.6 Å². The van der Waals surface area contributed by atoms with Gasteiger partial charge in [0.05, 0.1) is 111 Å². The number of aliphatic hydroxyl groups is 6. The van der Waals surface area contributed by atoms with E-state index >= 15 is 0 Å². The van der Waals surface area contributed by atoms with Gasteiger partial charge in [0.25, 0.3) is 19.3 Å². The average molecular weight is 1400 g/mol. The van der Waals surface area contributed by atoms with E-state index in [-0.39, 0.29) is 62.3 Å². The summed E-state index contributed by atoms with van der Waals surface area (Å²) in [5, 5.41) is 75.4. The zero-order chi connectivity index (χ0) is 71.6. The quantitative estimate of drug-likeness (QED) is 0.0393. The second kappa shape index (κ2) is 24.9. The molecule has 8 N–H and O–H groups in total. The number of aliphatic hydroxyl groups excluding tert-OH is 2. The Hall–Kier alpha value is -10.6. The summed E-state index contributed by atoms with van der Waals surface area (Å²) in [6, 6.07) is 42.5. The molecule has 3 saturated carbocycles. The van der Waals surface area contributed by atoms with Crippen LogP contribution in [0.15, 0.2) is 201 Å². The van der Waals surface area contributed by atoms with Gasteiger partial charge in [-0.15, -0.1) is 0 Å². The number of nitrogens with one attached hydrogen (secondary N) is 2. The number of alkyl carbamates (subject to hydrolysis) is 2. The smallest absolute Gasteiger partial charge is 0.407 e. The maximum atomic E-state index is 13.3. The van der Waals surface area contributed by atoms with Gasteiger partial charge in [0.1, 0.15) is 34.5 Å². The molecule has 15 atom stereocenters. The molecule has 5 aliphatic heterocycles. The largest absolute Gasteiger partial charge is 0.495 e. The van der Waals surface area contributed by atoms with Crippen molar-refractivity contribution in [2.24, 2.45) is 5.92 Å². The molecule has 3 aliphatic carbocycles. The second-order valence-electron chi connectivity index (χ2n) is 25.8. The van der Waals surface area contributed by atoms with E-state index in [4.69, 9.17) is 37.9 Å². The Morgan fingerprint density at radius 3 is 1.01 bits per heavy atom. The molecular weight excluding hydrogens is 1340 g/mol. The monoisotopic (exact) mass is 1400 g/mol. The van der Waals surface area contributed by atoms with Crippen molar-refractivity contribution in [3.63, 3.8) is 0 Å². The highest BCUT2D eigenvalue weighted by Crippen LogP contribution is 2.73. The third kappa shape index (κ3) is 9.36. The molecule has 9 aromatic rings. The third-order valence-corrected chi connectivity index (χ3v) is 21.3. The number of fused-ring (bicyclic) bond motifs is 13. The molecule has 0 spiro atoms. The van der Waals surface area contributed by atoms with Crippen molar-refractivity contribution >= 4 is 12.2 Å². The van der Waals surface area contributed by atoms with Crippen molar-refractivity contribution in [2.75, 3.05) is 21.3 Å². The van der Waals surface area contributed by atoms with Crippen LogP contribution in [0.4, 0.5) is 35.9 Å². The van der Waals surface area contributed by atoms with Gasteiger partial charge in [-0.05, 0) is 33.4 Å². The van der Waals surface area contributed by atoms with E-state index in [1.54, 1.807) is 30.3 Å². The fourth-order valence-electron chi connectivity index (χ4n) is 17.4. The summed E-state index contributed by atoms with van der Waals surface area (Å²) in [6.07, 6.45) is -6.63. The molecule has 21 nitrogen and oxygen atoms in total. The maximum Gasteiger partial charge on any atom is 0.407 e. The molecule has 102 heavy (non-hydrogen) atoms. The van der Waals surface area contributed by atoms with E-state index in [1.807, 2.05) is 60.7 Å². The molecule has 526 valence electrons. The van der Waals surface area contributed by atoms with Gasteiger partial charge < -0.3 is 79.2 Å². The number of aromatic nitrogens is 3. The number of carbonyl (C=O) groups is 2. The maximum absolute atomic E-state index is 13.3. The highest BCUT2D eigenvalue weighted by molar-refractivity contribution is 5.75. The average Bonchev–Trinajstić information content (AvgIpc) is 1.50. The molecule has 8 heterocycles. The lowest BCUT2D eigenvalue weighted by Crippen LogP contribution is -2.52. The summed E-state index contributed by atoms with van der Waals surface area (Å²) >= 11 is 0. The van der Waals surface area contributed by atoms with Crippen molar-refractivity contribution in [1.82, 2.24) is 25.6 Å². The minimum atomic E-state index is -2.71. The van der Waals surface area contributed by atoms with Gasteiger partial charge in [0.2, 0.25) is 0 Å². The highest BCUT2D eigenvalue weighted by Gasteiger charge is 2.82.